The van der Waals surface area contributed by atoms with Gasteiger partial charge in [0.25, 0.3) is 5.56 Å². The van der Waals surface area contributed by atoms with Crippen LogP contribution in [0.15, 0.2) is 29.1 Å². The number of ether oxygens (including phenoxy) is 2. The molecular weight excluding hydrogens is 681 g/mol. The number of allylic oxidation sites excluding steroid dienone is 1. The molecule has 0 radical (unpaired) electrons. The number of carbonyl (C=O) groups is 3. The number of pyridine rings is 2. The van der Waals surface area contributed by atoms with E-state index in [4.69, 9.17) is 14.5 Å². The van der Waals surface area contributed by atoms with Crippen LogP contribution in [-0.4, -0.2) is 77.4 Å². The fourth-order valence-electron chi connectivity index (χ4n) is 8.39. The molecule has 0 spiro atoms. The number of carbonyl (C=O) groups excluding carboxylic acids is 3. The molecule has 53 heavy (non-hydrogen) atoms. The lowest BCUT2D eigenvalue weighted by molar-refractivity contribution is -0.869. The van der Waals surface area contributed by atoms with Crippen molar-refractivity contribution in [2.75, 3.05) is 34.2 Å². The summed E-state index contributed by atoms with van der Waals surface area (Å²) in [6, 6.07) is 2.47. The molecule has 0 unspecified atom stereocenters. The van der Waals surface area contributed by atoms with Gasteiger partial charge in [-0.3, -0.25) is 9.59 Å². The third kappa shape index (κ3) is 6.41. The van der Waals surface area contributed by atoms with Crippen LogP contribution in [0.2, 0.25) is 0 Å². The van der Waals surface area contributed by atoms with E-state index in [-0.39, 0.29) is 36.6 Å². The molecule has 0 saturated carbocycles. The number of halogens is 1. The topological polar surface area (TPSA) is 149 Å². The Morgan fingerprint density at radius 3 is 2.66 bits per heavy atom. The van der Waals surface area contributed by atoms with Crippen LogP contribution >= 0.6 is 0 Å². The molecule has 2 amide bonds. The number of nitrogens with one attached hydrogen (secondary N) is 2. The average molecular weight is 731 g/mol. The first-order valence-corrected chi connectivity index (χ1v) is 18.6. The molecule has 4 heterocycles. The predicted octanol–water partition coefficient (Wildman–Crippen LogP) is 4.57. The van der Waals surface area contributed by atoms with E-state index in [1.54, 1.807) is 24.5 Å². The molecule has 0 saturated heterocycles. The number of nitrogens with zero attached hydrogens (tertiary/aromatic N) is 3. The minimum atomic E-state index is -1.99. The van der Waals surface area contributed by atoms with E-state index in [2.05, 4.69) is 31.8 Å². The molecule has 2 aliphatic carbocycles. The second kappa shape index (κ2) is 13.3. The molecule has 282 valence electrons. The Hall–Kier alpha value is -4.62. The molecule has 2 aliphatic heterocycles. The van der Waals surface area contributed by atoms with Crippen molar-refractivity contribution < 1.29 is 37.8 Å². The van der Waals surface area contributed by atoms with E-state index in [1.165, 1.54) is 6.07 Å². The number of quaternary nitrogens is 1. The smallest absolute Gasteiger partial charge is 0.408 e. The van der Waals surface area contributed by atoms with Gasteiger partial charge >= 0.3 is 12.1 Å². The number of hydrogen-bond donors (Lipinski definition) is 3. The van der Waals surface area contributed by atoms with E-state index in [9.17, 15) is 24.3 Å². The first-order chi connectivity index (χ1) is 25.0. The van der Waals surface area contributed by atoms with Gasteiger partial charge in [0.05, 0.1) is 69.3 Å². The minimum Gasteiger partial charge on any atom is -0.458 e. The Balaban J connectivity index is 1.18. The zero-order chi connectivity index (χ0) is 38.0. The van der Waals surface area contributed by atoms with Crippen molar-refractivity contribution in [3.05, 3.63) is 73.8 Å². The van der Waals surface area contributed by atoms with E-state index >= 15 is 4.39 Å². The summed E-state index contributed by atoms with van der Waals surface area (Å²) in [7, 11) is 6.25. The lowest BCUT2D eigenvalue weighted by Crippen LogP contribution is -2.46. The average Bonchev–Trinajstić information content (AvgIpc) is 3.47. The molecule has 0 fully saturated rings. The summed E-state index contributed by atoms with van der Waals surface area (Å²) in [5.41, 5.74) is 1.40. The van der Waals surface area contributed by atoms with Crippen molar-refractivity contribution in [2.24, 2.45) is 5.41 Å². The second-order valence-electron chi connectivity index (χ2n) is 16.3. The number of aliphatic hydroxyl groups is 1. The number of rotatable bonds is 7. The highest BCUT2D eigenvalue weighted by Gasteiger charge is 2.46. The third-order valence-electron chi connectivity index (χ3n) is 11.7. The maximum atomic E-state index is 15.3. The highest BCUT2D eigenvalue weighted by atomic mass is 19.1. The Kier molecular flexibility index (Phi) is 9.25. The molecule has 13 heteroatoms. The molecule has 2 aromatic heterocycles. The largest absolute Gasteiger partial charge is 0.458 e. The standard InChI is InChI=1S/C40H48FN5O7/c1-7-40(51)27-18-31-34-25(20-45(31)35(47)26(27)21-52-37(40)49)33-29(12-11-24-22(2)28(41)19-30(43-34)32(24)33)44-38(50)53-23-10-8-9-14-39(3,15-13-23)36(48)42-16-17-46(4,5)6/h8,10,18-19,23,29,51H,7,9,11-17,20-21H2,1-6H3,(H-,42,44,48,50)/p+1/b10-8+/t23-,29-,39+,40-/m0/s1. The minimum absolute atomic E-state index is 0.00638. The summed E-state index contributed by atoms with van der Waals surface area (Å²) >= 11 is 0. The number of amides is 2. The first kappa shape index (κ1) is 36.7. The molecule has 12 nitrogen and oxygen atoms in total. The zero-order valence-electron chi connectivity index (χ0n) is 31.4. The molecule has 1 aromatic carbocycles. The number of alkyl carbamates (subject to hydrolysis) is 1. The van der Waals surface area contributed by atoms with Crippen LogP contribution in [0.4, 0.5) is 9.18 Å². The number of benzene rings is 1. The number of hydrogen-bond acceptors (Lipinski definition) is 8. The first-order valence-electron chi connectivity index (χ1n) is 18.6. The summed E-state index contributed by atoms with van der Waals surface area (Å²) in [5, 5.41) is 18.3. The molecule has 3 N–H and O–H groups in total. The molecule has 4 atom stereocenters. The zero-order valence-corrected chi connectivity index (χ0v) is 31.4. The molecule has 4 aliphatic rings. The van der Waals surface area contributed by atoms with Crippen LogP contribution < -0.4 is 16.2 Å². The highest BCUT2D eigenvalue weighted by Crippen LogP contribution is 2.46. The summed E-state index contributed by atoms with van der Waals surface area (Å²) in [6.45, 7) is 6.62. The van der Waals surface area contributed by atoms with Crippen LogP contribution in [0.5, 0.6) is 0 Å². The molecular formula is C40H49FN5O7+. The maximum Gasteiger partial charge on any atom is 0.408 e. The Bertz CT molecular complexity index is 2140. The van der Waals surface area contributed by atoms with Gasteiger partial charge in [-0.15, -0.1) is 0 Å². The third-order valence-corrected chi connectivity index (χ3v) is 11.7. The molecule has 0 bridgehead atoms. The normalized spacial score (nSPS) is 25.3. The lowest BCUT2D eigenvalue weighted by atomic mass is 9.78. The van der Waals surface area contributed by atoms with E-state index in [0.717, 1.165) is 27.5 Å². The Morgan fingerprint density at radius 1 is 1.15 bits per heavy atom. The Labute approximate surface area is 307 Å². The summed E-state index contributed by atoms with van der Waals surface area (Å²) in [6.07, 6.45) is 6.05. The molecule has 7 rings (SSSR count). The van der Waals surface area contributed by atoms with Gasteiger partial charge in [0, 0.05) is 28.0 Å². The van der Waals surface area contributed by atoms with Gasteiger partial charge in [-0.1, -0.05) is 19.9 Å². The van der Waals surface area contributed by atoms with Gasteiger partial charge in [0.1, 0.15) is 18.5 Å². The van der Waals surface area contributed by atoms with Gasteiger partial charge < -0.3 is 34.3 Å². The number of esters is 1. The number of fused-ring (bicyclic) bond motifs is 5. The van der Waals surface area contributed by atoms with Gasteiger partial charge in [-0.2, -0.15) is 0 Å². The fraction of sp³-hybridized carbons (Fsp3) is 0.525. The SMILES string of the molecule is CC[C@@]1(O)C(=O)OCc2c1cc1n(c2=O)Cc2c-1nc1cc(F)c(C)c3c1c2[C@@H](NC(=O)O[C@H]1/C=C/CC[C@@](C)(C(=O)NCC[N+](C)(C)C)CC1)CC3. The summed E-state index contributed by atoms with van der Waals surface area (Å²) in [4.78, 5) is 58.5. The van der Waals surface area contributed by atoms with Crippen LogP contribution in [0.3, 0.4) is 0 Å². The van der Waals surface area contributed by atoms with Crippen molar-refractivity contribution in [1.82, 2.24) is 20.2 Å². The number of likely N-dealkylation sites (N-methyl/N-ethyl adjacent to an activating group) is 1. The fourth-order valence-corrected chi connectivity index (χ4v) is 8.39. The van der Waals surface area contributed by atoms with Crippen molar-refractivity contribution in [2.45, 2.75) is 96.6 Å². The van der Waals surface area contributed by atoms with Gasteiger partial charge in [0.2, 0.25) is 5.91 Å². The van der Waals surface area contributed by atoms with Crippen molar-refractivity contribution in [3.8, 4) is 11.4 Å². The van der Waals surface area contributed by atoms with E-state index in [1.807, 2.05) is 19.1 Å². The van der Waals surface area contributed by atoms with Crippen molar-refractivity contribution in [3.63, 3.8) is 0 Å². The summed E-state index contributed by atoms with van der Waals surface area (Å²) < 4.78 is 28.8. The van der Waals surface area contributed by atoms with Crippen LogP contribution in [0.1, 0.15) is 91.8 Å². The van der Waals surface area contributed by atoms with Crippen molar-refractivity contribution in [1.29, 1.82) is 0 Å². The lowest BCUT2D eigenvalue weighted by Gasteiger charge is -2.32. The van der Waals surface area contributed by atoms with Gasteiger partial charge in [0.15, 0.2) is 5.60 Å². The monoisotopic (exact) mass is 730 g/mol. The van der Waals surface area contributed by atoms with Crippen LogP contribution in [0, 0.1) is 18.2 Å². The van der Waals surface area contributed by atoms with E-state index in [0.29, 0.717) is 73.1 Å². The van der Waals surface area contributed by atoms with Crippen LogP contribution in [-0.2, 0) is 44.2 Å². The van der Waals surface area contributed by atoms with E-state index < -0.39 is 46.6 Å². The quantitative estimate of drug-likeness (QED) is 0.142. The number of aryl methyl sites for hydroxylation is 1. The van der Waals surface area contributed by atoms with Gasteiger partial charge in [-0.05, 0) is 80.7 Å². The highest BCUT2D eigenvalue weighted by molar-refractivity contribution is 5.93. The second-order valence-corrected chi connectivity index (χ2v) is 16.3. The maximum absolute atomic E-state index is 15.3. The summed E-state index contributed by atoms with van der Waals surface area (Å²) in [5.74, 6) is -1.21. The Morgan fingerprint density at radius 2 is 1.92 bits per heavy atom. The van der Waals surface area contributed by atoms with Crippen LogP contribution in [0.25, 0.3) is 22.3 Å². The number of aromatic nitrogens is 2. The molecule has 3 aromatic rings. The predicted molar refractivity (Wildman–Crippen MR) is 195 cm³/mol. The van der Waals surface area contributed by atoms with Gasteiger partial charge in [-0.25, -0.2) is 19.0 Å². The number of cyclic esters (lactones) is 1. The van der Waals surface area contributed by atoms with Crippen molar-refractivity contribution >= 4 is 28.9 Å².